The van der Waals surface area contributed by atoms with Crippen LogP contribution >= 0.6 is 11.6 Å². The molecule has 1 aromatic carbocycles. The van der Waals surface area contributed by atoms with Crippen molar-refractivity contribution in [3.63, 3.8) is 0 Å². The molecular weight excluding hydrogens is 292 g/mol. The summed E-state index contributed by atoms with van der Waals surface area (Å²) < 4.78 is 23.7. The lowest BCUT2D eigenvalue weighted by Gasteiger charge is -2.07. The van der Waals surface area contributed by atoms with Crippen LogP contribution in [-0.4, -0.2) is 25.1 Å². The van der Waals surface area contributed by atoms with Crippen LogP contribution in [-0.2, 0) is 15.6 Å². The highest BCUT2D eigenvalue weighted by atomic mass is 35.5. The zero-order valence-electron chi connectivity index (χ0n) is 10.4. The Morgan fingerprint density at radius 1 is 1.47 bits per heavy atom. The van der Waals surface area contributed by atoms with Crippen molar-refractivity contribution in [3.05, 3.63) is 38.9 Å². The molecule has 0 aliphatic rings. The molecule has 0 saturated heterocycles. The van der Waals surface area contributed by atoms with Crippen LogP contribution in [0.3, 0.4) is 0 Å². The third-order valence-electron chi connectivity index (χ3n) is 2.50. The number of hydrogen-bond acceptors (Lipinski definition) is 5. The van der Waals surface area contributed by atoms with Gasteiger partial charge in [-0.15, -0.1) is 0 Å². The van der Waals surface area contributed by atoms with Crippen LogP contribution in [0.4, 0.5) is 5.69 Å². The van der Waals surface area contributed by atoms with Gasteiger partial charge in [0.05, 0.1) is 16.4 Å². The second-order valence-electron chi connectivity index (χ2n) is 4.39. The second kappa shape index (κ2) is 6.31. The van der Waals surface area contributed by atoms with Gasteiger partial charge in [0, 0.05) is 22.7 Å². The van der Waals surface area contributed by atoms with Crippen LogP contribution in [0.2, 0.25) is 5.02 Å². The van der Waals surface area contributed by atoms with Crippen molar-refractivity contribution in [2.45, 2.75) is 25.1 Å². The molecule has 6 nitrogen and oxygen atoms in total. The Balaban J connectivity index is 2.96. The molecule has 0 heterocycles. The van der Waals surface area contributed by atoms with E-state index in [1.165, 1.54) is 12.1 Å². The van der Waals surface area contributed by atoms with Crippen LogP contribution in [0.15, 0.2) is 18.2 Å². The van der Waals surface area contributed by atoms with Crippen LogP contribution in [0.25, 0.3) is 0 Å². The first-order chi connectivity index (χ1) is 8.71. The Labute approximate surface area is 116 Å². The lowest BCUT2D eigenvalue weighted by atomic mass is 10.2. The largest absolute Gasteiger partial charge is 0.328 e. The molecular formula is C11H15ClN2O4S. The van der Waals surface area contributed by atoms with E-state index in [9.17, 15) is 18.5 Å². The summed E-state index contributed by atoms with van der Waals surface area (Å²) in [5.74, 6) is -0.475. The minimum Gasteiger partial charge on any atom is -0.328 e. The van der Waals surface area contributed by atoms with Gasteiger partial charge in [0.1, 0.15) is 0 Å². The van der Waals surface area contributed by atoms with Crippen LogP contribution in [0.5, 0.6) is 0 Å². The average molecular weight is 307 g/mol. The molecule has 106 valence electrons. The number of halogens is 1. The number of nitrogens with two attached hydrogens (primary N) is 1. The van der Waals surface area contributed by atoms with Gasteiger partial charge in [-0.25, -0.2) is 8.42 Å². The van der Waals surface area contributed by atoms with E-state index in [1.54, 1.807) is 6.92 Å². The lowest BCUT2D eigenvalue weighted by Crippen LogP contribution is -2.21. The number of sulfone groups is 1. The number of nitro benzene ring substituents is 1. The summed E-state index contributed by atoms with van der Waals surface area (Å²) in [5, 5.41) is 11.1. The van der Waals surface area contributed by atoms with Gasteiger partial charge in [-0.2, -0.15) is 0 Å². The predicted octanol–water partition coefficient (Wildman–Crippen LogP) is 1.90. The zero-order chi connectivity index (χ0) is 14.6. The Bertz CT molecular complexity index is 572. The summed E-state index contributed by atoms with van der Waals surface area (Å²) in [6.45, 7) is 1.71. The highest BCUT2D eigenvalue weighted by molar-refractivity contribution is 7.90. The van der Waals surface area contributed by atoms with Crippen molar-refractivity contribution in [2.24, 2.45) is 5.73 Å². The number of hydrogen-bond donors (Lipinski definition) is 1. The fourth-order valence-corrected chi connectivity index (χ4v) is 3.26. The molecule has 2 N–H and O–H groups in total. The van der Waals surface area contributed by atoms with Gasteiger partial charge < -0.3 is 5.73 Å². The number of rotatable bonds is 6. The molecule has 1 atom stereocenters. The molecule has 0 fully saturated rings. The van der Waals surface area contributed by atoms with Crippen molar-refractivity contribution >= 4 is 27.1 Å². The molecule has 1 rings (SSSR count). The van der Waals surface area contributed by atoms with E-state index in [-0.39, 0.29) is 33.8 Å². The molecule has 1 unspecified atom stereocenters. The van der Waals surface area contributed by atoms with Crippen LogP contribution in [0, 0.1) is 10.1 Å². The van der Waals surface area contributed by atoms with Gasteiger partial charge in [0.25, 0.3) is 5.69 Å². The molecule has 0 saturated carbocycles. The average Bonchev–Trinajstić information content (AvgIpc) is 2.28. The topological polar surface area (TPSA) is 103 Å². The summed E-state index contributed by atoms with van der Waals surface area (Å²) in [6.07, 6.45) is 0.323. The van der Waals surface area contributed by atoms with E-state index in [0.717, 1.165) is 6.07 Å². The maximum atomic E-state index is 11.9. The number of nitrogens with zero attached hydrogens (tertiary/aromatic N) is 1. The van der Waals surface area contributed by atoms with Crippen molar-refractivity contribution in [3.8, 4) is 0 Å². The SMILES string of the molecule is CC(N)CCS(=O)(=O)Cc1ccc(Cl)cc1[N+](=O)[O-]. The van der Waals surface area contributed by atoms with E-state index in [4.69, 9.17) is 17.3 Å². The van der Waals surface area contributed by atoms with Crippen LogP contribution in [0.1, 0.15) is 18.9 Å². The summed E-state index contributed by atoms with van der Waals surface area (Å²) >= 11 is 5.66. The maximum absolute atomic E-state index is 11.9. The zero-order valence-corrected chi connectivity index (χ0v) is 11.9. The van der Waals surface area contributed by atoms with E-state index in [2.05, 4.69) is 0 Å². The molecule has 0 radical (unpaired) electrons. The number of benzene rings is 1. The van der Waals surface area contributed by atoms with Gasteiger partial charge in [0.2, 0.25) is 0 Å². The van der Waals surface area contributed by atoms with E-state index in [0.29, 0.717) is 6.42 Å². The van der Waals surface area contributed by atoms with E-state index >= 15 is 0 Å². The fraction of sp³-hybridized carbons (Fsp3) is 0.455. The third-order valence-corrected chi connectivity index (χ3v) is 4.35. The first-order valence-corrected chi connectivity index (χ1v) is 7.80. The first-order valence-electron chi connectivity index (χ1n) is 5.60. The Kier molecular flexibility index (Phi) is 5.28. The predicted molar refractivity (Wildman–Crippen MR) is 73.9 cm³/mol. The van der Waals surface area contributed by atoms with Crippen molar-refractivity contribution in [1.82, 2.24) is 0 Å². The second-order valence-corrected chi connectivity index (χ2v) is 7.01. The van der Waals surface area contributed by atoms with Crippen molar-refractivity contribution < 1.29 is 13.3 Å². The monoisotopic (exact) mass is 306 g/mol. The Morgan fingerprint density at radius 3 is 2.63 bits per heavy atom. The van der Waals surface area contributed by atoms with Gasteiger partial charge in [-0.1, -0.05) is 11.6 Å². The fourth-order valence-electron chi connectivity index (χ4n) is 1.50. The van der Waals surface area contributed by atoms with E-state index < -0.39 is 14.8 Å². The molecule has 8 heteroatoms. The summed E-state index contributed by atoms with van der Waals surface area (Å²) in [4.78, 5) is 10.2. The molecule has 0 aromatic heterocycles. The standard InChI is InChI=1S/C11H15ClN2O4S/c1-8(13)4-5-19(17,18)7-9-2-3-10(12)6-11(9)14(15)16/h2-3,6,8H,4-5,7,13H2,1H3. The maximum Gasteiger partial charge on any atom is 0.275 e. The van der Waals surface area contributed by atoms with Gasteiger partial charge in [-0.05, 0) is 25.5 Å². The van der Waals surface area contributed by atoms with Crippen molar-refractivity contribution in [1.29, 1.82) is 0 Å². The minimum atomic E-state index is -3.43. The Morgan fingerprint density at radius 2 is 2.11 bits per heavy atom. The minimum absolute atomic E-state index is 0.0928. The lowest BCUT2D eigenvalue weighted by molar-refractivity contribution is -0.385. The quantitative estimate of drug-likeness (QED) is 0.638. The molecule has 0 bridgehead atoms. The Hall–Kier alpha value is -1.18. The summed E-state index contributed by atoms with van der Waals surface area (Å²) in [6, 6.07) is 3.72. The summed E-state index contributed by atoms with van der Waals surface area (Å²) in [5.41, 5.74) is 5.36. The number of nitro groups is 1. The van der Waals surface area contributed by atoms with Gasteiger partial charge in [0.15, 0.2) is 9.84 Å². The third kappa shape index (κ3) is 5.14. The van der Waals surface area contributed by atoms with Crippen molar-refractivity contribution in [2.75, 3.05) is 5.75 Å². The first kappa shape index (κ1) is 15.9. The van der Waals surface area contributed by atoms with Crippen LogP contribution < -0.4 is 5.73 Å². The smallest absolute Gasteiger partial charge is 0.275 e. The van der Waals surface area contributed by atoms with Gasteiger partial charge >= 0.3 is 0 Å². The van der Waals surface area contributed by atoms with Gasteiger partial charge in [-0.3, -0.25) is 10.1 Å². The highest BCUT2D eigenvalue weighted by Crippen LogP contribution is 2.25. The molecule has 0 spiro atoms. The molecule has 1 aromatic rings. The molecule has 0 aliphatic carbocycles. The summed E-state index contributed by atoms with van der Waals surface area (Å²) in [7, 11) is -3.43. The molecule has 0 aliphatic heterocycles. The normalized spacial score (nSPS) is 13.2. The van der Waals surface area contributed by atoms with E-state index in [1.807, 2.05) is 0 Å². The molecule has 19 heavy (non-hydrogen) atoms. The molecule has 0 amide bonds. The highest BCUT2D eigenvalue weighted by Gasteiger charge is 2.21.